The molecule has 138 valence electrons. The molecule has 0 saturated carbocycles. The van der Waals surface area contributed by atoms with Crippen LogP contribution in [0.25, 0.3) is 11.0 Å². The lowest BCUT2D eigenvalue weighted by Gasteiger charge is -2.37. The second-order valence-corrected chi connectivity index (χ2v) is 6.84. The summed E-state index contributed by atoms with van der Waals surface area (Å²) in [5, 5.41) is 9.77. The summed E-state index contributed by atoms with van der Waals surface area (Å²) in [6.45, 7) is 1.21. The minimum Gasteiger partial charge on any atom is -0.342 e. The molecule has 4 nitrogen and oxygen atoms in total. The Kier molecular flexibility index (Phi) is 4.06. The largest absolute Gasteiger partial charge is 0.416 e. The Labute approximate surface area is 154 Å². The summed E-state index contributed by atoms with van der Waals surface area (Å²) in [6, 6.07) is 15.7. The number of imidazole rings is 1. The number of alkyl halides is 3. The van der Waals surface area contributed by atoms with E-state index in [-0.39, 0.29) is 0 Å². The maximum absolute atomic E-state index is 12.9. The smallest absolute Gasteiger partial charge is 0.342 e. The molecular weight excluding hydrogens is 353 g/mol. The molecule has 1 N–H and O–H groups in total. The molecule has 1 aromatic heterocycles. The van der Waals surface area contributed by atoms with E-state index >= 15 is 0 Å². The Morgan fingerprint density at radius 3 is 2.41 bits per heavy atom. The van der Waals surface area contributed by atoms with E-state index in [1.165, 1.54) is 6.07 Å². The first kappa shape index (κ1) is 17.4. The number of nitriles is 1. The monoisotopic (exact) mass is 370 g/mol. The van der Waals surface area contributed by atoms with E-state index in [1.54, 1.807) is 0 Å². The highest BCUT2D eigenvalue weighted by Gasteiger charge is 2.37. The van der Waals surface area contributed by atoms with Crippen LogP contribution in [0.15, 0.2) is 48.5 Å². The quantitative estimate of drug-likeness (QED) is 0.715. The summed E-state index contributed by atoms with van der Waals surface area (Å²) in [6.07, 6.45) is -3.11. The van der Waals surface area contributed by atoms with Crippen LogP contribution < -0.4 is 4.90 Å². The lowest BCUT2D eigenvalue weighted by atomic mass is 9.74. The van der Waals surface area contributed by atoms with Crippen LogP contribution in [-0.2, 0) is 11.6 Å². The molecule has 1 aliphatic heterocycles. The van der Waals surface area contributed by atoms with E-state index in [1.807, 2.05) is 35.2 Å². The Bertz CT molecular complexity index is 993. The van der Waals surface area contributed by atoms with Gasteiger partial charge in [0.2, 0.25) is 5.95 Å². The molecular formula is C20H17F3N4. The van der Waals surface area contributed by atoms with Crippen molar-refractivity contribution < 1.29 is 13.2 Å². The zero-order valence-corrected chi connectivity index (χ0v) is 14.4. The van der Waals surface area contributed by atoms with Crippen LogP contribution in [0.4, 0.5) is 19.1 Å². The van der Waals surface area contributed by atoms with Crippen molar-refractivity contribution in [1.82, 2.24) is 9.97 Å². The van der Waals surface area contributed by atoms with Crippen LogP contribution in [0.3, 0.4) is 0 Å². The lowest BCUT2D eigenvalue weighted by Crippen LogP contribution is -2.42. The zero-order valence-electron chi connectivity index (χ0n) is 14.4. The molecule has 2 aromatic carbocycles. The van der Waals surface area contributed by atoms with E-state index in [9.17, 15) is 18.4 Å². The molecule has 0 radical (unpaired) electrons. The SMILES string of the molecule is N#CC1(c2ccccc2)CCN(c2nc3ccc(C(F)(F)F)cc3[nH]2)CC1. The molecule has 1 aliphatic rings. The van der Waals surface area contributed by atoms with Gasteiger partial charge < -0.3 is 9.88 Å². The molecule has 2 heterocycles. The average molecular weight is 370 g/mol. The highest BCUT2D eigenvalue weighted by atomic mass is 19.4. The van der Waals surface area contributed by atoms with Gasteiger partial charge in [0.25, 0.3) is 0 Å². The van der Waals surface area contributed by atoms with Crippen LogP contribution in [0.1, 0.15) is 24.0 Å². The molecule has 0 bridgehead atoms. The third-order valence-corrected chi connectivity index (χ3v) is 5.25. The van der Waals surface area contributed by atoms with Gasteiger partial charge in [-0.1, -0.05) is 30.3 Å². The van der Waals surface area contributed by atoms with Crippen LogP contribution in [0.2, 0.25) is 0 Å². The second kappa shape index (κ2) is 6.31. The number of H-pyrrole nitrogens is 1. The van der Waals surface area contributed by atoms with Crippen molar-refractivity contribution in [2.45, 2.75) is 24.4 Å². The number of anilines is 1. The first-order valence-electron chi connectivity index (χ1n) is 8.70. The van der Waals surface area contributed by atoms with Gasteiger partial charge in [0.1, 0.15) is 0 Å². The fraction of sp³-hybridized carbons (Fsp3) is 0.300. The molecule has 0 atom stereocenters. The van der Waals surface area contributed by atoms with Gasteiger partial charge in [0.05, 0.1) is 28.1 Å². The molecule has 3 aromatic rings. The summed E-state index contributed by atoms with van der Waals surface area (Å²) < 4.78 is 38.7. The van der Waals surface area contributed by atoms with Gasteiger partial charge in [-0.2, -0.15) is 18.4 Å². The fourth-order valence-corrected chi connectivity index (χ4v) is 3.64. The van der Waals surface area contributed by atoms with Crippen molar-refractivity contribution in [3.63, 3.8) is 0 Å². The minimum atomic E-state index is -4.38. The summed E-state index contributed by atoms with van der Waals surface area (Å²) >= 11 is 0. The van der Waals surface area contributed by atoms with E-state index in [0.717, 1.165) is 17.7 Å². The van der Waals surface area contributed by atoms with Crippen molar-refractivity contribution in [2.75, 3.05) is 18.0 Å². The predicted molar refractivity (Wildman–Crippen MR) is 96.3 cm³/mol. The number of fused-ring (bicyclic) bond motifs is 1. The van der Waals surface area contributed by atoms with E-state index in [0.29, 0.717) is 42.9 Å². The van der Waals surface area contributed by atoms with Crippen molar-refractivity contribution in [2.24, 2.45) is 0 Å². The van der Waals surface area contributed by atoms with Gasteiger partial charge in [-0.25, -0.2) is 4.98 Å². The molecule has 0 aliphatic carbocycles. The first-order valence-corrected chi connectivity index (χ1v) is 8.70. The van der Waals surface area contributed by atoms with E-state index in [4.69, 9.17) is 0 Å². The summed E-state index contributed by atoms with van der Waals surface area (Å²) in [7, 11) is 0. The number of piperidine rings is 1. The maximum Gasteiger partial charge on any atom is 0.416 e. The average Bonchev–Trinajstić information content (AvgIpc) is 3.11. The standard InChI is InChI=1S/C20H17F3N4/c21-20(22,23)15-6-7-16-17(12-15)26-18(25-16)27-10-8-19(13-24,9-11-27)14-4-2-1-3-5-14/h1-7,12H,8-11H2,(H,25,26). The molecule has 0 unspecified atom stereocenters. The van der Waals surface area contributed by atoms with Gasteiger partial charge in [0, 0.05) is 13.1 Å². The molecule has 0 amide bonds. The van der Waals surface area contributed by atoms with E-state index < -0.39 is 17.2 Å². The second-order valence-electron chi connectivity index (χ2n) is 6.84. The Balaban J connectivity index is 1.57. The van der Waals surface area contributed by atoms with Gasteiger partial charge in [0.15, 0.2) is 0 Å². The molecule has 1 fully saturated rings. The fourth-order valence-electron chi connectivity index (χ4n) is 3.64. The van der Waals surface area contributed by atoms with Crippen molar-refractivity contribution in [1.29, 1.82) is 5.26 Å². The number of hydrogen-bond donors (Lipinski definition) is 1. The third-order valence-electron chi connectivity index (χ3n) is 5.25. The molecule has 1 saturated heterocycles. The van der Waals surface area contributed by atoms with Crippen molar-refractivity contribution >= 4 is 17.0 Å². The highest BCUT2D eigenvalue weighted by Crippen LogP contribution is 2.36. The van der Waals surface area contributed by atoms with Crippen LogP contribution in [0.5, 0.6) is 0 Å². The lowest BCUT2D eigenvalue weighted by molar-refractivity contribution is -0.137. The number of nitrogens with zero attached hydrogens (tertiary/aromatic N) is 3. The van der Waals surface area contributed by atoms with Crippen LogP contribution >= 0.6 is 0 Å². The third kappa shape index (κ3) is 3.12. The first-order chi connectivity index (χ1) is 12.9. The number of halogens is 3. The van der Waals surface area contributed by atoms with Crippen molar-refractivity contribution in [3.05, 3.63) is 59.7 Å². The summed E-state index contributed by atoms with van der Waals surface area (Å²) in [5.74, 6) is 0.545. The van der Waals surface area contributed by atoms with Gasteiger partial charge in [-0.15, -0.1) is 0 Å². The topological polar surface area (TPSA) is 55.7 Å². The minimum absolute atomic E-state index is 0.361. The Morgan fingerprint density at radius 1 is 1.07 bits per heavy atom. The molecule has 27 heavy (non-hydrogen) atoms. The van der Waals surface area contributed by atoms with Gasteiger partial charge >= 0.3 is 6.18 Å². The highest BCUT2D eigenvalue weighted by molar-refractivity contribution is 5.78. The number of aromatic nitrogens is 2. The maximum atomic E-state index is 12.9. The number of nitrogens with one attached hydrogen (secondary N) is 1. The van der Waals surface area contributed by atoms with Crippen LogP contribution in [0, 0.1) is 11.3 Å². The zero-order chi connectivity index (χ0) is 19.1. The van der Waals surface area contributed by atoms with Gasteiger partial charge in [-0.3, -0.25) is 0 Å². The van der Waals surface area contributed by atoms with Crippen LogP contribution in [-0.4, -0.2) is 23.1 Å². The summed E-state index contributed by atoms with van der Waals surface area (Å²) in [4.78, 5) is 9.41. The molecule has 0 spiro atoms. The Hall–Kier alpha value is -3.01. The number of benzene rings is 2. The Morgan fingerprint density at radius 2 is 1.78 bits per heavy atom. The molecule has 4 rings (SSSR count). The van der Waals surface area contributed by atoms with E-state index in [2.05, 4.69) is 16.0 Å². The predicted octanol–water partition coefficient (Wildman–Crippen LogP) is 4.64. The van der Waals surface area contributed by atoms with Crippen molar-refractivity contribution in [3.8, 4) is 6.07 Å². The number of rotatable bonds is 2. The number of aromatic amines is 1. The normalized spacial score (nSPS) is 17.0. The molecule has 7 heteroatoms. The van der Waals surface area contributed by atoms with Gasteiger partial charge in [-0.05, 0) is 36.6 Å². The number of hydrogen-bond acceptors (Lipinski definition) is 3. The summed E-state index contributed by atoms with van der Waals surface area (Å²) in [5.41, 5.74) is 0.633.